The molecule has 0 aromatic carbocycles. The molecule has 0 saturated carbocycles. The number of nitrogens with two attached hydrogens (primary N) is 1. The number of amides is 1. The van der Waals surface area contributed by atoms with Gasteiger partial charge in [-0.3, -0.25) is 4.79 Å². The molecule has 3 N–H and O–H groups in total. The molecule has 0 aromatic heterocycles. The van der Waals surface area contributed by atoms with Crippen molar-refractivity contribution in [2.24, 2.45) is 5.73 Å². The molecule has 1 unspecified atom stereocenters. The van der Waals surface area contributed by atoms with Gasteiger partial charge in [0.05, 0.1) is 0 Å². The van der Waals surface area contributed by atoms with Gasteiger partial charge in [-0.2, -0.15) is 0 Å². The van der Waals surface area contributed by atoms with Crippen LogP contribution in [0.1, 0.15) is 0 Å². The van der Waals surface area contributed by atoms with E-state index >= 15 is 0 Å². The lowest BCUT2D eigenvalue weighted by atomic mass is 10.2. The first-order valence-electron chi connectivity index (χ1n) is 2.43. The smallest absolute Gasteiger partial charge is 0.241 e. The van der Waals surface area contributed by atoms with Crippen molar-refractivity contribution in [3.8, 4) is 0 Å². The fourth-order valence-corrected chi connectivity index (χ4v) is 0.606. The van der Waals surface area contributed by atoms with Crippen LogP contribution in [0.25, 0.3) is 0 Å². The predicted molar refractivity (Wildman–Crippen MR) is 30.1 cm³/mol. The largest absolute Gasteiger partial charge is 0.351 e. The van der Waals surface area contributed by atoms with Gasteiger partial charge in [-0.05, 0) is 5.57 Å². The standard InChI is InChI=1S/C5H8N2O/c1-3-2-7-5(8)4(3)6/h4H,1-2,6H2,(H,7,8). The summed E-state index contributed by atoms with van der Waals surface area (Å²) in [5.41, 5.74) is 6.08. The molecule has 8 heavy (non-hydrogen) atoms. The summed E-state index contributed by atoms with van der Waals surface area (Å²) in [6, 6.07) is -0.463. The molecule has 1 amide bonds. The number of carbonyl (C=O) groups excluding carboxylic acids is 1. The average Bonchev–Trinajstić information content (AvgIpc) is 1.98. The van der Waals surface area contributed by atoms with Gasteiger partial charge in [0.15, 0.2) is 0 Å². The lowest BCUT2D eigenvalue weighted by Crippen LogP contribution is -2.30. The predicted octanol–water partition coefficient (Wildman–Crippen LogP) is -1.00. The van der Waals surface area contributed by atoms with Gasteiger partial charge in [-0.25, -0.2) is 0 Å². The minimum atomic E-state index is -0.463. The van der Waals surface area contributed by atoms with Crippen LogP contribution in [0.2, 0.25) is 0 Å². The third kappa shape index (κ3) is 0.607. The molecule has 0 radical (unpaired) electrons. The Labute approximate surface area is 47.6 Å². The first-order chi connectivity index (χ1) is 3.72. The van der Waals surface area contributed by atoms with Gasteiger partial charge >= 0.3 is 0 Å². The Hall–Kier alpha value is -0.830. The molecule has 1 atom stereocenters. The van der Waals surface area contributed by atoms with E-state index in [1.165, 1.54) is 0 Å². The second kappa shape index (κ2) is 1.59. The van der Waals surface area contributed by atoms with Gasteiger partial charge in [0.25, 0.3) is 0 Å². The topological polar surface area (TPSA) is 55.1 Å². The minimum absolute atomic E-state index is 0.116. The second-order valence-corrected chi connectivity index (χ2v) is 1.85. The lowest BCUT2D eigenvalue weighted by molar-refractivity contribution is -0.119. The SMILES string of the molecule is C=C1CNC(=O)C1N. The highest BCUT2D eigenvalue weighted by molar-refractivity contribution is 5.88. The van der Waals surface area contributed by atoms with E-state index < -0.39 is 6.04 Å². The van der Waals surface area contributed by atoms with Crippen molar-refractivity contribution in [1.29, 1.82) is 0 Å². The summed E-state index contributed by atoms with van der Waals surface area (Å²) >= 11 is 0. The van der Waals surface area contributed by atoms with Crippen molar-refractivity contribution in [1.82, 2.24) is 5.32 Å². The van der Waals surface area contributed by atoms with E-state index in [2.05, 4.69) is 11.9 Å². The number of carbonyl (C=O) groups is 1. The van der Waals surface area contributed by atoms with Gasteiger partial charge in [0.1, 0.15) is 6.04 Å². The van der Waals surface area contributed by atoms with Gasteiger partial charge < -0.3 is 11.1 Å². The van der Waals surface area contributed by atoms with Crippen LogP contribution < -0.4 is 11.1 Å². The number of rotatable bonds is 0. The van der Waals surface area contributed by atoms with Crippen LogP contribution in [-0.2, 0) is 4.79 Å². The maximum Gasteiger partial charge on any atom is 0.241 e. The molecule has 1 saturated heterocycles. The van der Waals surface area contributed by atoms with Crippen molar-refractivity contribution in [2.75, 3.05) is 6.54 Å². The molecule has 1 aliphatic heterocycles. The zero-order valence-electron chi connectivity index (χ0n) is 4.48. The normalized spacial score (nSPS) is 28.4. The van der Waals surface area contributed by atoms with Crippen LogP contribution >= 0.6 is 0 Å². The van der Waals surface area contributed by atoms with Crippen molar-refractivity contribution < 1.29 is 4.79 Å². The molecule has 3 nitrogen and oxygen atoms in total. The molecule has 1 fully saturated rings. The Balaban J connectivity index is 2.70. The van der Waals surface area contributed by atoms with Crippen LogP contribution in [0.5, 0.6) is 0 Å². The van der Waals surface area contributed by atoms with Crippen molar-refractivity contribution in [3.05, 3.63) is 12.2 Å². The molecule has 0 bridgehead atoms. The van der Waals surface area contributed by atoms with Gasteiger partial charge in [-0.1, -0.05) is 6.58 Å². The maximum absolute atomic E-state index is 10.5. The Kier molecular flexibility index (Phi) is 1.06. The molecule has 1 aliphatic rings. The highest BCUT2D eigenvalue weighted by atomic mass is 16.2. The summed E-state index contributed by atoms with van der Waals surface area (Å²) in [5.74, 6) is -0.116. The van der Waals surface area contributed by atoms with Crippen LogP contribution in [-0.4, -0.2) is 18.5 Å². The molecule has 44 valence electrons. The van der Waals surface area contributed by atoms with E-state index in [1.54, 1.807) is 0 Å². The maximum atomic E-state index is 10.5. The first-order valence-corrected chi connectivity index (χ1v) is 2.43. The van der Waals surface area contributed by atoms with Gasteiger partial charge in [0.2, 0.25) is 5.91 Å². The molecule has 0 spiro atoms. The lowest BCUT2D eigenvalue weighted by Gasteiger charge is -1.94. The number of nitrogens with one attached hydrogen (secondary N) is 1. The fraction of sp³-hybridized carbons (Fsp3) is 0.400. The summed E-state index contributed by atoms with van der Waals surface area (Å²) in [6.45, 7) is 4.12. The van der Waals surface area contributed by atoms with E-state index in [1.807, 2.05) is 0 Å². The van der Waals surface area contributed by atoms with Crippen LogP contribution in [0.3, 0.4) is 0 Å². The molecular weight excluding hydrogens is 104 g/mol. The fourth-order valence-electron chi connectivity index (χ4n) is 0.606. The molecule has 0 aromatic rings. The van der Waals surface area contributed by atoms with Gasteiger partial charge in [-0.15, -0.1) is 0 Å². The molecule has 3 heteroatoms. The molecule has 1 rings (SSSR count). The van der Waals surface area contributed by atoms with Crippen LogP contribution in [0, 0.1) is 0 Å². The zero-order valence-corrected chi connectivity index (χ0v) is 4.48. The molecule has 1 heterocycles. The molecular formula is C5H8N2O. The van der Waals surface area contributed by atoms with Crippen LogP contribution in [0.15, 0.2) is 12.2 Å². The van der Waals surface area contributed by atoms with E-state index in [0.29, 0.717) is 6.54 Å². The Morgan fingerprint density at radius 3 is 2.62 bits per heavy atom. The summed E-state index contributed by atoms with van der Waals surface area (Å²) < 4.78 is 0. The van der Waals surface area contributed by atoms with Crippen molar-refractivity contribution in [3.63, 3.8) is 0 Å². The third-order valence-corrected chi connectivity index (χ3v) is 1.21. The number of hydrogen-bond donors (Lipinski definition) is 2. The van der Waals surface area contributed by atoms with Gasteiger partial charge in [0, 0.05) is 6.54 Å². The zero-order chi connectivity index (χ0) is 6.15. The average molecular weight is 112 g/mol. The van der Waals surface area contributed by atoms with E-state index in [0.717, 1.165) is 5.57 Å². The Bertz CT molecular complexity index is 125. The third-order valence-electron chi connectivity index (χ3n) is 1.21. The Morgan fingerprint density at radius 1 is 1.88 bits per heavy atom. The quantitative estimate of drug-likeness (QED) is 0.395. The summed E-state index contributed by atoms with van der Waals surface area (Å²) in [6.07, 6.45) is 0. The summed E-state index contributed by atoms with van der Waals surface area (Å²) in [4.78, 5) is 10.5. The first kappa shape index (κ1) is 5.31. The summed E-state index contributed by atoms with van der Waals surface area (Å²) in [5, 5.41) is 2.56. The second-order valence-electron chi connectivity index (χ2n) is 1.85. The molecule has 0 aliphatic carbocycles. The van der Waals surface area contributed by atoms with Crippen LogP contribution in [0.4, 0.5) is 0 Å². The highest BCUT2D eigenvalue weighted by Crippen LogP contribution is 2.01. The Morgan fingerprint density at radius 2 is 2.50 bits per heavy atom. The van der Waals surface area contributed by atoms with E-state index in [9.17, 15) is 4.79 Å². The van der Waals surface area contributed by atoms with Crippen molar-refractivity contribution in [2.45, 2.75) is 6.04 Å². The monoisotopic (exact) mass is 112 g/mol. The minimum Gasteiger partial charge on any atom is -0.351 e. The number of hydrogen-bond acceptors (Lipinski definition) is 2. The highest BCUT2D eigenvalue weighted by Gasteiger charge is 2.22. The van der Waals surface area contributed by atoms with E-state index in [4.69, 9.17) is 5.73 Å². The van der Waals surface area contributed by atoms with E-state index in [-0.39, 0.29) is 5.91 Å². The summed E-state index contributed by atoms with van der Waals surface area (Å²) in [7, 11) is 0. The van der Waals surface area contributed by atoms with Crippen molar-refractivity contribution >= 4 is 5.91 Å².